The zero-order chi connectivity index (χ0) is 27.2. The van der Waals surface area contributed by atoms with Crippen molar-refractivity contribution in [2.45, 2.75) is 38.5 Å². The first-order valence-corrected chi connectivity index (χ1v) is 13.3. The summed E-state index contributed by atoms with van der Waals surface area (Å²) in [5, 5.41) is 21.1. The highest BCUT2D eigenvalue weighted by Gasteiger charge is 2.27. The van der Waals surface area contributed by atoms with Crippen LogP contribution in [0, 0.1) is 0 Å². The topological polar surface area (TPSA) is 105 Å². The van der Waals surface area contributed by atoms with E-state index < -0.39 is 0 Å². The maximum Gasteiger partial charge on any atom is 0.342 e. The van der Waals surface area contributed by atoms with Crippen LogP contribution in [0.1, 0.15) is 53.7 Å². The predicted octanol–water partition coefficient (Wildman–Crippen LogP) is 5.97. The molecule has 0 aliphatic heterocycles. The molecule has 1 aliphatic rings. The van der Waals surface area contributed by atoms with Crippen LogP contribution in [0.2, 0.25) is 0 Å². The Morgan fingerprint density at radius 3 is 2.49 bits per heavy atom. The number of benzene rings is 3. The molecule has 0 radical (unpaired) electrons. The van der Waals surface area contributed by atoms with Crippen LogP contribution in [0.25, 0.3) is 11.3 Å². The number of carbonyl (C=O) groups is 2. The maximum absolute atomic E-state index is 13.1. The molecule has 5 rings (SSSR count). The van der Waals surface area contributed by atoms with E-state index >= 15 is 0 Å². The van der Waals surface area contributed by atoms with Crippen LogP contribution in [-0.4, -0.2) is 40.0 Å². The highest BCUT2D eigenvalue weighted by Crippen LogP contribution is 2.39. The molecule has 39 heavy (non-hydrogen) atoms. The molecular weight excluding hydrogens is 492 g/mol. The first-order valence-electron chi connectivity index (χ1n) is 13.3. The number of carbonyl (C=O) groups excluding carboxylic acids is 2. The summed E-state index contributed by atoms with van der Waals surface area (Å²) in [6.45, 7) is 2.94. The molecule has 2 amide bonds. The van der Waals surface area contributed by atoms with Crippen molar-refractivity contribution >= 4 is 17.6 Å². The summed E-state index contributed by atoms with van der Waals surface area (Å²) in [5.74, 6) is 0.676. The van der Waals surface area contributed by atoms with E-state index in [9.17, 15) is 14.7 Å². The number of hydrogen-bond acceptors (Lipinski definition) is 5. The van der Waals surface area contributed by atoms with E-state index in [0.717, 1.165) is 36.9 Å². The van der Waals surface area contributed by atoms with Gasteiger partial charge in [-0.3, -0.25) is 4.79 Å². The normalized spacial score (nSPS) is 12.9. The van der Waals surface area contributed by atoms with Gasteiger partial charge in [0, 0.05) is 29.3 Å². The lowest BCUT2D eigenvalue weighted by atomic mass is 9.82. The molecule has 0 unspecified atom stereocenters. The average molecular weight is 525 g/mol. The molecule has 4 aromatic rings. The number of phenols is 1. The summed E-state index contributed by atoms with van der Waals surface area (Å²) >= 11 is 0. The van der Waals surface area contributed by atoms with Crippen LogP contribution in [0.15, 0.2) is 78.9 Å². The van der Waals surface area contributed by atoms with E-state index in [1.54, 1.807) is 36.4 Å². The van der Waals surface area contributed by atoms with Crippen LogP contribution in [0.4, 0.5) is 10.5 Å². The smallest absolute Gasteiger partial charge is 0.342 e. The molecule has 0 saturated heterocycles. The Morgan fingerprint density at radius 1 is 1.03 bits per heavy atom. The van der Waals surface area contributed by atoms with Gasteiger partial charge in [0.25, 0.3) is 5.91 Å². The minimum Gasteiger partial charge on any atom is -0.507 e. The van der Waals surface area contributed by atoms with Crippen LogP contribution < -0.4 is 15.4 Å². The number of phenolic OH excluding ortho intramolecular Hbond substituents is 1. The number of aromatic nitrogens is 2. The lowest BCUT2D eigenvalue weighted by Crippen LogP contribution is -2.33. The minimum absolute atomic E-state index is 0.0170. The Labute approximate surface area is 227 Å². The zero-order valence-electron chi connectivity index (χ0n) is 21.9. The van der Waals surface area contributed by atoms with Gasteiger partial charge in [-0.1, -0.05) is 36.8 Å². The molecule has 3 N–H and O–H groups in total. The summed E-state index contributed by atoms with van der Waals surface area (Å²) in [6, 6.07) is 23.3. The number of hydrogen-bond donors (Lipinski definition) is 3. The SMILES string of the molecule is CCOc1ccc(C(=O)Nc2ccc(O)c(-c3cc(C4CCC4)n(C(=O)NCCc4ccccc4)n3)c2)cc1. The van der Waals surface area contributed by atoms with Crippen LogP contribution >= 0.6 is 0 Å². The fourth-order valence-corrected chi connectivity index (χ4v) is 4.61. The van der Waals surface area contributed by atoms with Crippen molar-refractivity contribution in [3.05, 3.63) is 95.7 Å². The van der Waals surface area contributed by atoms with Crippen molar-refractivity contribution in [3.8, 4) is 22.8 Å². The molecule has 1 heterocycles. The quantitative estimate of drug-likeness (QED) is 0.234. The highest BCUT2D eigenvalue weighted by molar-refractivity contribution is 6.04. The number of nitrogens with zero attached hydrogens (tertiary/aromatic N) is 2. The fraction of sp³-hybridized carbons (Fsp3) is 0.258. The third kappa shape index (κ3) is 6.12. The van der Waals surface area contributed by atoms with Gasteiger partial charge < -0.3 is 20.5 Å². The Morgan fingerprint density at radius 2 is 1.79 bits per heavy atom. The Bertz CT molecular complexity index is 1440. The van der Waals surface area contributed by atoms with Gasteiger partial charge in [-0.15, -0.1) is 0 Å². The monoisotopic (exact) mass is 524 g/mol. The van der Waals surface area contributed by atoms with Crippen molar-refractivity contribution in [1.29, 1.82) is 0 Å². The molecule has 8 heteroatoms. The minimum atomic E-state index is -0.293. The Hall–Kier alpha value is -4.59. The number of nitrogens with one attached hydrogen (secondary N) is 2. The Kier molecular flexibility index (Phi) is 7.91. The van der Waals surface area contributed by atoms with Crippen molar-refractivity contribution in [1.82, 2.24) is 15.1 Å². The van der Waals surface area contributed by atoms with E-state index in [4.69, 9.17) is 4.74 Å². The van der Waals surface area contributed by atoms with Gasteiger partial charge in [0.05, 0.1) is 18.0 Å². The maximum atomic E-state index is 13.1. The van der Waals surface area contributed by atoms with E-state index in [-0.39, 0.29) is 23.6 Å². The van der Waals surface area contributed by atoms with E-state index in [2.05, 4.69) is 15.7 Å². The number of anilines is 1. The molecule has 1 aromatic heterocycles. The van der Waals surface area contributed by atoms with Gasteiger partial charge >= 0.3 is 6.03 Å². The summed E-state index contributed by atoms with van der Waals surface area (Å²) in [6.07, 6.45) is 3.81. The molecular formula is C31H32N4O4. The molecule has 1 saturated carbocycles. The van der Waals surface area contributed by atoms with E-state index in [1.165, 1.54) is 10.7 Å². The summed E-state index contributed by atoms with van der Waals surface area (Å²) in [5.41, 5.74) is 3.88. The molecule has 3 aromatic carbocycles. The molecule has 1 fully saturated rings. The predicted molar refractivity (Wildman–Crippen MR) is 150 cm³/mol. The van der Waals surface area contributed by atoms with Gasteiger partial charge in [-0.25, -0.2) is 4.79 Å². The zero-order valence-corrected chi connectivity index (χ0v) is 21.9. The second kappa shape index (κ2) is 11.9. The van der Waals surface area contributed by atoms with E-state index in [0.29, 0.717) is 41.4 Å². The molecule has 1 aliphatic carbocycles. The van der Waals surface area contributed by atoms with Crippen molar-refractivity contribution in [3.63, 3.8) is 0 Å². The molecule has 0 atom stereocenters. The summed E-state index contributed by atoms with van der Waals surface area (Å²) in [4.78, 5) is 25.9. The third-order valence-electron chi connectivity index (χ3n) is 6.94. The highest BCUT2D eigenvalue weighted by atomic mass is 16.5. The first-order chi connectivity index (χ1) is 19.0. The molecule has 0 spiro atoms. The van der Waals surface area contributed by atoms with Crippen molar-refractivity contribution in [2.24, 2.45) is 0 Å². The fourth-order valence-electron chi connectivity index (χ4n) is 4.61. The molecule has 0 bridgehead atoms. The molecule has 200 valence electrons. The number of aromatic hydroxyl groups is 1. The average Bonchev–Trinajstić information content (AvgIpc) is 3.34. The first kappa shape index (κ1) is 26.0. The number of amides is 2. The summed E-state index contributed by atoms with van der Waals surface area (Å²) in [7, 11) is 0. The van der Waals surface area contributed by atoms with Crippen LogP contribution in [0.3, 0.4) is 0 Å². The lowest BCUT2D eigenvalue weighted by Gasteiger charge is -2.25. The third-order valence-corrected chi connectivity index (χ3v) is 6.94. The largest absolute Gasteiger partial charge is 0.507 e. The van der Waals surface area contributed by atoms with Crippen LogP contribution in [0.5, 0.6) is 11.5 Å². The second-order valence-electron chi connectivity index (χ2n) is 9.61. The van der Waals surface area contributed by atoms with Gasteiger partial charge in [0.2, 0.25) is 0 Å². The van der Waals surface area contributed by atoms with Crippen molar-refractivity contribution < 1.29 is 19.4 Å². The number of ether oxygens (including phenoxy) is 1. The Balaban J connectivity index is 1.34. The number of rotatable bonds is 9. The lowest BCUT2D eigenvalue weighted by molar-refractivity contribution is 0.102. The molecule has 8 nitrogen and oxygen atoms in total. The standard InChI is InChI=1S/C31H32N4O4/c1-2-39-25-14-11-23(12-15-25)30(37)33-24-13-16-29(36)26(19-24)27-20-28(22-9-6-10-22)35(34-27)31(38)32-18-17-21-7-4-3-5-8-21/h3-5,7-8,11-16,19-20,22,36H,2,6,9-10,17-18H2,1H3,(H,32,38)(H,33,37). The van der Waals surface area contributed by atoms with Gasteiger partial charge in [0.15, 0.2) is 0 Å². The van der Waals surface area contributed by atoms with Crippen LogP contribution in [-0.2, 0) is 6.42 Å². The summed E-state index contributed by atoms with van der Waals surface area (Å²) < 4.78 is 6.86. The van der Waals surface area contributed by atoms with Gasteiger partial charge in [0.1, 0.15) is 11.5 Å². The van der Waals surface area contributed by atoms with Crippen molar-refractivity contribution in [2.75, 3.05) is 18.5 Å². The van der Waals surface area contributed by atoms with E-state index in [1.807, 2.05) is 43.3 Å². The second-order valence-corrected chi connectivity index (χ2v) is 9.61. The van der Waals surface area contributed by atoms with Gasteiger partial charge in [-0.2, -0.15) is 9.78 Å². The van der Waals surface area contributed by atoms with Gasteiger partial charge in [-0.05, 0) is 80.3 Å².